The van der Waals surface area contributed by atoms with Gasteiger partial charge in [0.2, 0.25) is 0 Å². The largest absolute Gasteiger partial charge is 0.351 e. The molecule has 0 aliphatic heterocycles. The number of unbranched alkanes of at least 4 members (excludes halogenated alkanes) is 5. The maximum absolute atomic E-state index is 10.2. The lowest BCUT2D eigenvalue weighted by atomic mass is 10.1. The fourth-order valence-electron chi connectivity index (χ4n) is 1.09. The van der Waals surface area contributed by atoms with Gasteiger partial charge in [0.25, 0.3) is 0 Å². The first-order valence-corrected chi connectivity index (χ1v) is 6.18. The summed E-state index contributed by atoms with van der Waals surface area (Å²) < 4.78 is 0. The highest BCUT2D eigenvalue weighted by molar-refractivity contribution is 7.97. The van der Waals surface area contributed by atoms with E-state index in [2.05, 4.69) is 17.2 Å². The molecular formula is C9H21N3OS. The molecule has 0 aliphatic carbocycles. The van der Waals surface area contributed by atoms with Crippen molar-refractivity contribution in [3.8, 4) is 0 Å². The Bertz CT molecular complexity index is 144. The third-order valence-electron chi connectivity index (χ3n) is 1.85. The Morgan fingerprint density at radius 2 is 1.86 bits per heavy atom. The highest BCUT2D eigenvalue weighted by Gasteiger charge is 1.92. The molecule has 0 unspecified atom stereocenters. The number of carbonyl (C=O) groups excluding carboxylic acids is 1. The molecule has 14 heavy (non-hydrogen) atoms. The van der Waals surface area contributed by atoms with Gasteiger partial charge in [0.05, 0.1) is 0 Å². The first kappa shape index (κ1) is 13.6. The highest BCUT2D eigenvalue weighted by Crippen LogP contribution is 2.07. The summed E-state index contributed by atoms with van der Waals surface area (Å²) in [6.45, 7) is 2.22. The van der Waals surface area contributed by atoms with Crippen LogP contribution >= 0.6 is 11.9 Å². The van der Waals surface area contributed by atoms with Crippen LogP contribution in [0.2, 0.25) is 0 Å². The number of hydrogen-bond acceptors (Lipinski definition) is 3. The van der Waals surface area contributed by atoms with Gasteiger partial charge >= 0.3 is 6.03 Å². The number of nitrogens with two attached hydrogens (primary N) is 1. The smallest absolute Gasteiger partial charge is 0.327 e. The molecule has 0 saturated heterocycles. The molecule has 0 aromatic rings. The van der Waals surface area contributed by atoms with Gasteiger partial charge in [-0.15, -0.1) is 0 Å². The summed E-state index contributed by atoms with van der Waals surface area (Å²) in [6, 6.07) is -0.541. The molecule has 0 heterocycles. The van der Waals surface area contributed by atoms with Crippen LogP contribution in [0.5, 0.6) is 0 Å². The lowest BCUT2D eigenvalue weighted by Gasteiger charge is -2.03. The molecule has 2 amide bonds. The Morgan fingerprint density at radius 1 is 1.21 bits per heavy atom. The second kappa shape index (κ2) is 10.7. The summed E-state index contributed by atoms with van der Waals surface area (Å²) in [5.41, 5.74) is 7.17. The van der Waals surface area contributed by atoms with Gasteiger partial charge in [-0.1, -0.05) is 51.0 Å². The van der Waals surface area contributed by atoms with Gasteiger partial charge in [-0.2, -0.15) is 4.83 Å². The van der Waals surface area contributed by atoms with Crippen molar-refractivity contribution < 1.29 is 4.79 Å². The molecule has 0 fully saturated rings. The number of hydrogen-bond donors (Lipinski definition) is 3. The van der Waals surface area contributed by atoms with Gasteiger partial charge in [0.15, 0.2) is 0 Å². The zero-order chi connectivity index (χ0) is 10.6. The second-order valence-electron chi connectivity index (χ2n) is 3.21. The van der Waals surface area contributed by atoms with Crippen molar-refractivity contribution in [1.29, 1.82) is 0 Å². The van der Waals surface area contributed by atoms with Crippen LogP contribution in [0.4, 0.5) is 4.79 Å². The predicted molar refractivity (Wildman–Crippen MR) is 61.7 cm³/mol. The fraction of sp³-hybridized carbons (Fsp3) is 0.889. The van der Waals surface area contributed by atoms with Crippen LogP contribution in [-0.4, -0.2) is 11.8 Å². The molecule has 0 spiro atoms. The van der Waals surface area contributed by atoms with E-state index in [0.717, 1.165) is 5.75 Å². The molecule has 84 valence electrons. The average Bonchev–Trinajstić information content (AvgIpc) is 2.15. The summed E-state index contributed by atoms with van der Waals surface area (Å²) in [5.74, 6) is 1.01. The van der Waals surface area contributed by atoms with Gasteiger partial charge in [0.1, 0.15) is 0 Å². The van der Waals surface area contributed by atoms with E-state index in [9.17, 15) is 4.79 Å². The normalized spacial score (nSPS) is 10.1. The SMILES string of the molecule is CCCCCCCCSNNC(N)=O. The van der Waals surface area contributed by atoms with Gasteiger partial charge in [-0.25, -0.2) is 4.79 Å². The third kappa shape index (κ3) is 11.6. The van der Waals surface area contributed by atoms with E-state index in [1.807, 2.05) is 0 Å². The van der Waals surface area contributed by atoms with Gasteiger partial charge in [0, 0.05) is 5.75 Å². The van der Waals surface area contributed by atoms with Gasteiger partial charge in [-0.3, -0.25) is 5.43 Å². The topological polar surface area (TPSA) is 67.2 Å². The summed E-state index contributed by atoms with van der Waals surface area (Å²) in [5, 5.41) is 0. The number of urea groups is 1. The van der Waals surface area contributed by atoms with E-state index in [4.69, 9.17) is 5.73 Å². The van der Waals surface area contributed by atoms with Crippen molar-refractivity contribution in [2.75, 3.05) is 5.75 Å². The minimum atomic E-state index is -0.541. The molecule has 5 heteroatoms. The van der Waals surface area contributed by atoms with Crippen LogP contribution in [0.15, 0.2) is 0 Å². The number of primary amides is 1. The Labute approximate surface area is 90.5 Å². The summed E-state index contributed by atoms with van der Waals surface area (Å²) in [7, 11) is 0. The number of hydrazine groups is 1. The minimum Gasteiger partial charge on any atom is -0.351 e. The van der Waals surface area contributed by atoms with Crippen molar-refractivity contribution >= 4 is 18.0 Å². The molecule has 0 aromatic carbocycles. The first-order valence-electron chi connectivity index (χ1n) is 5.19. The number of rotatable bonds is 9. The number of carbonyl (C=O) groups is 1. The van der Waals surface area contributed by atoms with Gasteiger partial charge < -0.3 is 5.73 Å². The zero-order valence-electron chi connectivity index (χ0n) is 8.84. The minimum absolute atomic E-state index is 0.541. The zero-order valence-corrected chi connectivity index (χ0v) is 9.66. The molecule has 0 atom stereocenters. The van der Waals surface area contributed by atoms with Crippen LogP contribution in [0.25, 0.3) is 0 Å². The van der Waals surface area contributed by atoms with Crippen molar-refractivity contribution in [1.82, 2.24) is 10.3 Å². The first-order chi connectivity index (χ1) is 6.77. The maximum atomic E-state index is 10.2. The van der Waals surface area contributed by atoms with Gasteiger partial charge in [-0.05, 0) is 6.42 Å². The molecule has 0 saturated carbocycles. The molecule has 0 bridgehead atoms. The molecule has 0 rings (SSSR count). The quantitative estimate of drug-likeness (QED) is 0.316. The molecule has 0 aromatic heterocycles. The van der Waals surface area contributed by atoms with Crippen LogP contribution in [0.3, 0.4) is 0 Å². The Kier molecular flexibility index (Phi) is 10.3. The van der Waals surface area contributed by atoms with E-state index in [1.165, 1.54) is 50.5 Å². The summed E-state index contributed by atoms with van der Waals surface area (Å²) in [4.78, 5) is 12.9. The van der Waals surface area contributed by atoms with Crippen molar-refractivity contribution in [3.63, 3.8) is 0 Å². The third-order valence-corrected chi connectivity index (χ3v) is 2.59. The van der Waals surface area contributed by atoms with Crippen LogP contribution in [0, 0.1) is 0 Å². The monoisotopic (exact) mass is 219 g/mol. The maximum Gasteiger partial charge on any atom is 0.327 e. The van der Waals surface area contributed by atoms with Crippen molar-refractivity contribution in [3.05, 3.63) is 0 Å². The van der Waals surface area contributed by atoms with E-state index in [1.54, 1.807) is 0 Å². The van der Waals surface area contributed by atoms with E-state index >= 15 is 0 Å². The predicted octanol–water partition coefficient (Wildman–Crippen LogP) is 2.17. The van der Waals surface area contributed by atoms with Crippen molar-refractivity contribution in [2.24, 2.45) is 5.73 Å². The van der Waals surface area contributed by atoms with Crippen LogP contribution < -0.4 is 16.0 Å². The van der Waals surface area contributed by atoms with E-state index in [0.29, 0.717) is 0 Å². The Hall–Kier alpha value is -0.420. The molecular weight excluding hydrogens is 198 g/mol. The lowest BCUT2D eigenvalue weighted by Crippen LogP contribution is -2.37. The lowest BCUT2D eigenvalue weighted by molar-refractivity contribution is 0.248. The van der Waals surface area contributed by atoms with Crippen LogP contribution in [0.1, 0.15) is 45.4 Å². The average molecular weight is 219 g/mol. The van der Waals surface area contributed by atoms with Crippen LogP contribution in [-0.2, 0) is 0 Å². The molecule has 0 radical (unpaired) electrons. The molecule has 0 aliphatic rings. The number of amides is 2. The molecule has 4 nitrogen and oxygen atoms in total. The van der Waals surface area contributed by atoms with E-state index in [-0.39, 0.29) is 0 Å². The van der Waals surface area contributed by atoms with Crippen molar-refractivity contribution in [2.45, 2.75) is 45.4 Å². The second-order valence-corrected chi connectivity index (χ2v) is 4.11. The Morgan fingerprint density at radius 3 is 2.50 bits per heavy atom. The standard InChI is InChI=1S/C9H21N3OS/c1-2-3-4-5-6-7-8-14-12-11-9(10)13/h12H,2-8H2,1H3,(H3,10,11,13). The molecule has 4 N–H and O–H groups in total. The fourth-order valence-corrected chi connectivity index (χ4v) is 1.72. The highest BCUT2D eigenvalue weighted by atomic mass is 32.2. The summed E-state index contributed by atoms with van der Waals surface area (Å²) in [6.07, 6.45) is 7.74. The van der Waals surface area contributed by atoms with E-state index < -0.39 is 6.03 Å². The summed E-state index contributed by atoms with van der Waals surface area (Å²) >= 11 is 1.48. The Balaban J connectivity index is 2.88. The number of nitrogens with one attached hydrogen (secondary N) is 2.